The van der Waals surface area contributed by atoms with Crippen molar-refractivity contribution in [3.63, 3.8) is 0 Å². The van der Waals surface area contributed by atoms with Crippen LogP contribution in [0.2, 0.25) is 0 Å². The van der Waals surface area contributed by atoms with Crippen LogP contribution in [0.4, 0.5) is 0 Å². The molecular formula is C12H14N2S. The molecule has 0 spiro atoms. The normalized spacial score (nSPS) is 11.7. The van der Waals surface area contributed by atoms with E-state index in [0.717, 1.165) is 16.4 Å². The van der Waals surface area contributed by atoms with Crippen molar-refractivity contribution in [3.8, 4) is 11.4 Å². The average Bonchev–Trinajstić information content (AvgIpc) is 2.67. The SMILES string of the molecule is CC(C)(C)c1nc(-c2ccccn2)cs1. The standard InChI is InChI=1S/C12H14N2S/c1-12(2,3)11-14-10(8-15-11)9-6-4-5-7-13-9/h4-8H,1-3H3. The minimum Gasteiger partial charge on any atom is -0.255 e. The van der Waals surface area contributed by atoms with Crippen molar-refractivity contribution in [2.45, 2.75) is 26.2 Å². The van der Waals surface area contributed by atoms with Gasteiger partial charge >= 0.3 is 0 Å². The lowest BCUT2D eigenvalue weighted by atomic mass is 9.98. The predicted molar refractivity (Wildman–Crippen MR) is 64.0 cm³/mol. The number of rotatable bonds is 1. The summed E-state index contributed by atoms with van der Waals surface area (Å²) < 4.78 is 0. The van der Waals surface area contributed by atoms with E-state index in [9.17, 15) is 0 Å². The fourth-order valence-electron chi connectivity index (χ4n) is 1.25. The lowest BCUT2D eigenvalue weighted by molar-refractivity contribution is 0.586. The van der Waals surface area contributed by atoms with Gasteiger partial charge in [-0.1, -0.05) is 26.8 Å². The topological polar surface area (TPSA) is 25.8 Å². The highest BCUT2D eigenvalue weighted by molar-refractivity contribution is 7.10. The molecule has 0 aliphatic carbocycles. The van der Waals surface area contributed by atoms with Gasteiger partial charge in [0.25, 0.3) is 0 Å². The largest absolute Gasteiger partial charge is 0.255 e. The van der Waals surface area contributed by atoms with Gasteiger partial charge in [0.2, 0.25) is 0 Å². The van der Waals surface area contributed by atoms with E-state index in [-0.39, 0.29) is 5.41 Å². The van der Waals surface area contributed by atoms with E-state index in [1.54, 1.807) is 17.5 Å². The van der Waals surface area contributed by atoms with Crippen molar-refractivity contribution in [2.24, 2.45) is 0 Å². The first kappa shape index (κ1) is 10.3. The molecule has 2 aromatic rings. The maximum atomic E-state index is 4.61. The van der Waals surface area contributed by atoms with Crippen LogP contribution in [0.15, 0.2) is 29.8 Å². The Kier molecular flexibility index (Phi) is 2.57. The fourth-order valence-corrected chi connectivity index (χ4v) is 2.15. The molecule has 2 nitrogen and oxygen atoms in total. The lowest BCUT2D eigenvalue weighted by Gasteiger charge is -2.13. The van der Waals surface area contributed by atoms with Crippen LogP contribution in [0.1, 0.15) is 25.8 Å². The highest BCUT2D eigenvalue weighted by Crippen LogP contribution is 2.28. The maximum absolute atomic E-state index is 4.61. The summed E-state index contributed by atoms with van der Waals surface area (Å²) in [4.78, 5) is 8.90. The molecule has 0 radical (unpaired) electrons. The van der Waals surface area contributed by atoms with Crippen molar-refractivity contribution in [2.75, 3.05) is 0 Å². The van der Waals surface area contributed by atoms with Gasteiger partial charge in [0.05, 0.1) is 16.4 Å². The number of pyridine rings is 1. The first-order valence-corrected chi connectivity index (χ1v) is 5.83. The zero-order valence-corrected chi connectivity index (χ0v) is 10.0. The predicted octanol–water partition coefficient (Wildman–Crippen LogP) is 3.50. The Bertz CT molecular complexity index is 440. The minimum absolute atomic E-state index is 0.123. The summed E-state index contributed by atoms with van der Waals surface area (Å²) in [6.07, 6.45) is 1.80. The highest BCUT2D eigenvalue weighted by atomic mass is 32.1. The van der Waals surface area contributed by atoms with Gasteiger partial charge in [-0.15, -0.1) is 11.3 Å². The van der Waals surface area contributed by atoms with Crippen LogP contribution in [0, 0.1) is 0 Å². The van der Waals surface area contributed by atoms with Crippen LogP contribution < -0.4 is 0 Å². The van der Waals surface area contributed by atoms with Gasteiger partial charge in [-0.25, -0.2) is 4.98 Å². The number of nitrogens with zero attached hydrogens (tertiary/aromatic N) is 2. The maximum Gasteiger partial charge on any atom is 0.0998 e. The van der Waals surface area contributed by atoms with Crippen molar-refractivity contribution < 1.29 is 0 Å². The Morgan fingerprint density at radius 3 is 2.47 bits per heavy atom. The fraction of sp³-hybridized carbons (Fsp3) is 0.333. The Labute approximate surface area is 94.0 Å². The number of aromatic nitrogens is 2. The third-order valence-electron chi connectivity index (χ3n) is 2.07. The zero-order valence-electron chi connectivity index (χ0n) is 9.19. The smallest absolute Gasteiger partial charge is 0.0998 e. The van der Waals surface area contributed by atoms with Crippen LogP contribution >= 0.6 is 11.3 Å². The first-order valence-electron chi connectivity index (χ1n) is 4.95. The molecule has 0 aliphatic heterocycles. The molecule has 3 heteroatoms. The number of hydrogen-bond donors (Lipinski definition) is 0. The summed E-state index contributed by atoms with van der Waals surface area (Å²) in [5.41, 5.74) is 2.05. The molecule has 0 aliphatic rings. The van der Waals surface area contributed by atoms with E-state index in [1.165, 1.54) is 0 Å². The molecule has 0 bridgehead atoms. The third-order valence-corrected chi connectivity index (χ3v) is 3.34. The van der Waals surface area contributed by atoms with Crippen molar-refractivity contribution >= 4 is 11.3 Å². The second-order valence-electron chi connectivity index (χ2n) is 4.50. The molecule has 0 saturated carbocycles. The van der Waals surface area contributed by atoms with Gasteiger partial charge < -0.3 is 0 Å². The quantitative estimate of drug-likeness (QED) is 0.732. The zero-order chi connectivity index (χ0) is 10.9. The van der Waals surface area contributed by atoms with E-state index in [4.69, 9.17) is 0 Å². The van der Waals surface area contributed by atoms with E-state index in [0.29, 0.717) is 0 Å². The molecule has 0 atom stereocenters. The second kappa shape index (κ2) is 3.74. The molecular weight excluding hydrogens is 204 g/mol. The van der Waals surface area contributed by atoms with Gasteiger partial charge in [0.1, 0.15) is 0 Å². The van der Waals surface area contributed by atoms with Crippen molar-refractivity contribution in [1.82, 2.24) is 9.97 Å². The van der Waals surface area contributed by atoms with Crippen molar-refractivity contribution in [3.05, 3.63) is 34.8 Å². The molecule has 0 saturated heterocycles. The van der Waals surface area contributed by atoms with Gasteiger partial charge in [-0.3, -0.25) is 4.98 Å². The Morgan fingerprint density at radius 1 is 1.13 bits per heavy atom. The van der Waals surface area contributed by atoms with E-state index in [2.05, 4.69) is 36.1 Å². The van der Waals surface area contributed by atoms with Gasteiger partial charge in [0, 0.05) is 17.0 Å². The molecule has 0 fully saturated rings. The molecule has 15 heavy (non-hydrogen) atoms. The number of hydrogen-bond acceptors (Lipinski definition) is 3. The second-order valence-corrected chi connectivity index (χ2v) is 5.36. The summed E-state index contributed by atoms with van der Waals surface area (Å²) in [7, 11) is 0. The summed E-state index contributed by atoms with van der Waals surface area (Å²) in [5, 5.41) is 3.23. The first-order chi connectivity index (χ1) is 7.07. The molecule has 0 N–H and O–H groups in total. The van der Waals surface area contributed by atoms with Crippen molar-refractivity contribution in [1.29, 1.82) is 0 Å². The molecule has 2 heterocycles. The average molecular weight is 218 g/mol. The monoisotopic (exact) mass is 218 g/mol. The molecule has 0 amide bonds. The van der Waals surface area contributed by atoms with Gasteiger partial charge in [0.15, 0.2) is 0 Å². The molecule has 2 rings (SSSR count). The summed E-state index contributed by atoms with van der Waals surface area (Å²) in [5.74, 6) is 0. The molecule has 2 aromatic heterocycles. The summed E-state index contributed by atoms with van der Waals surface area (Å²) in [6.45, 7) is 6.52. The lowest BCUT2D eigenvalue weighted by Crippen LogP contribution is -2.10. The van der Waals surface area contributed by atoms with Crippen LogP contribution in [0.25, 0.3) is 11.4 Å². The molecule has 78 valence electrons. The van der Waals surface area contributed by atoms with E-state index < -0.39 is 0 Å². The summed E-state index contributed by atoms with van der Waals surface area (Å²) in [6, 6.07) is 5.89. The van der Waals surface area contributed by atoms with E-state index >= 15 is 0 Å². The van der Waals surface area contributed by atoms with Crippen LogP contribution in [0.5, 0.6) is 0 Å². The van der Waals surface area contributed by atoms with Gasteiger partial charge in [-0.2, -0.15) is 0 Å². The van der Waals surface area contributed by atoms with Crippen LogP contribution in [-0.4, -0.2) is 9.97 Å². The third kappa shape index (κ3) is 2.23. The Balaban J connectivity index is 2.37. The van der Waals surface area contributed by atoms with Crippen LogP contribution in [-0.2, 0) is 5.41 Å². The Hall–Kier alpha value is -1.22. The van der Waals surface area contributed by atoms with Crippen LogP contribution in [0.3, 0.4) is 0 Å². The summed E-state index contributed by atoms with van der Waals surface area (Å²) >= 11 is 1.70. The minimum atomic E-state index is 0.123. The highest BCUT2D eigenvalue weighted by Gasteiger charge is 2.18. The number of thiazole rings is 1. The van der Waals surface area contributed by atoms with E-state index in [1.807, 2.05) is 18.2 Å². The molecule has 0 unspecified atom stereocenters. The Morgan fingerprint density at radius 2 is 1.93 bits per heavy atom. The van der Waals surface area contributed by atoms with Gasteiger partial charge in [-0.05, 0) is 12.1 Å². The molecule has 0 aromatic carbocycles.